The number of aromatic nitrogens is 6. The highest BCUT2D eigenvalue weighted by Gasteiger charge is 2.33. The normalized spacial score (nSPS) is 15.8. The monoisotopic (exact) mass is 473 g/mol. The van der Waals surface area contributed by atoms with Crippen molar-refractivity contribution in [2.24, 2.45) is 0 Å². The van der Waals surface area contributed by atoms with Gasteiger partial charge in [-0.3, -0.25) is 9.48 Å². The SMILES string of the molecule is CN(C)CCn1ccc(Nc2nccc(-c3cccc(-c4cc(C5CCN(C)C5=O)on4)n3)n2)n1. The molecule has 0 aromatic carbocycles. The van der Waals surface area contributed by atoms with Crippen LogP contribution < -0.4 is 5.32 Å². The summed E-state index contributed by atoms with van der Waals surface area (Å²) in [5.74, 6) is 1.44. The summed E-state index contributed by atoms with van der Waals surface area (Å²) in [5.41, 5.74) is 2.56. The maximum atomic E-state index is 12.3. The van der Waals surface area contributed by atoms with E-state index in [-0.39, 0.29) is 11.8 Å². The molecule has 0 aliphatic carbocycles. The smallest absolute Gasteiger partial charge is 0.233 e. The van der Waals surface area contributed by atoms with Gasteiger partial charge in [0.25, 0.3) is 0 Å². The van der Waals surface area contributed by atoms with Crippen LogP contribution in [0.3, 0.4) is 0 Å². The van der Waals surface area contributed by atoms with Gasteiger partial charge in [-0.2, -0.15) is 5.10 Å². The maximum absolute atomic E-state index is 12.3. The maximum Gasteiger partial charge on any atom is 0.233 e. The average Bonchev–Trinajstić information content (AvgIpc) is 3.59. The summed E-state index contributed by atoms with van der Waals surface area (Å²) in [6.07, 6.45) is 4.32. The van der Waals surface area contributed by atoms with E-state index in [9.17, 15) is 4.79 Å². The molecule has 11 heteroatoms. The number of rotatable bonds is 8. The third-order valence-corrected chi connectivity index (χ3v) is 5.89. The minimum absolute atomic E-state index is 0.0537. The second-order valence-electron chi connectivity index (χ2n) is 8.78. The number of nitrogens with zero attached hydrogens (tertiary/aromatic N) is 8. The summed E-state index contributed by atoms with van der Waals surface area (Å²) >= 11 is 0. The summed E-state index contributed by atoms with van der Waals surface area (Å²) in [4.78, 5) is 29.8. The lowest BCUT2D eigenvalue weighted by atomic mass is 10.0. The van der Waals surface area contributed by atoms with Crippen LogP contribution in [0.5, 0.6) is 0 Å². The second kappa shape index (κ2) is 9.63. The summed E-state index contributed by atoms with van der Waals surface area (Å²) < 4.78 is 7.38. The molecule has 0 bridgehead atoms. The lowest BCUT2D eigenvalue weighted by Gasteiger charge is -2.08. The Morgan fingerprint density at radius 1 is 1.11 bits per heavy atom. The Kier molecular flexibility index (Phi) is 6.23. The fourth-order valence-electron chi connectivity index (χ4n) is 3.91. The van der Waals surface area contributed by atoms with E-state index in [1.165, 1.54) is 0 Å². The van der Waals surface area contributed by atoms with Gasteiger partial charge in [-0.25, -0.2) is 15.0 Å². The van der Waals surface area contributed by atoms with Crippen molar-refractivity contribution < 1.29 is 9.32 Å². The zero-order chi connectivity index (χ0) is 24.4. The first-order valence-electron chi connectivity index (χ1n) is 11.4. The zero-order valence-corrected chi connectivity index (χ0v) is 19.9. The molecule has 1 aliphatic rings. The molecule has 5 heterocycles. The Labute approximate surface area is 202 Å². The van der Waals surface area contributed by atoms with E-state index in [0.29, 0.717) is 46.8 Å². The number of carbonyl (C=O) groups excluding carboxylic acids is 1. The van der Waals surface area contributed by atoms with Crippen LogP contribution in [-0.2, 0) is 11.3 Å². The average molecular weight is 474 g/mol. The predicted molar refractivity (Wildman–Crippen MR) is 130 cm³/mol. The van der Waals surface area contributed by atoms with Crippen molar-refractivity contribution in [1.29, 1.82) is 0 Å². The van der Waals surface area contributed by atoms with E-state index in [0.717, 1.165) is 19.5 Å². The molecule has 0 saturated carbocycles. The van der Waals surface area contributed by atoms with Gasteiger partial charge in [-0.1, -0.05) is 11.2 Å². The van der Waals surface area contributed by atoms with Gasteiger partial charge in [0.1, 0.15) is 17.4 Å². The molecule has 0 spiro atoms. The molecule has 5 rings (SSSR count). The molecule has 0 radical (unpaired) electrons. The number of carbonyl (C=O) groups is 1. The first-order valence-corrected chi connectivity index (χ1v) is 11.4. The fraction of sp³-hybridized carbons (Fsp3) is 0.333. The second-order valence-corrected chi connectivity index (χ2v) is 8.78. The molecule has 1 N–H and O–H groups in total. The first kappa shape index (κ1) is 22.7. The molecule has 35 heavy (non-hydrogen) atoms. The van der Waals surface area contributed by atoms with E-state index in [1.54, 1.807) is 30.3 Å². The van der Waals surface area contributed by atoms with Crippen LogP contribution in [0.2, 0.25) is 0 Å². The van der Waals surface area contributed by atoms with Gasteiger partial charge >= 0.3 is 0 Å². The molecule has 180 valence electrons. The number of anilines is 2. The van der Waals surface area contributed by atoms with Crippen molar-refractivity contribution in [2.75, 3.05) is 39.5 Å². The Morgan fingerprint density at radius 2 is 1.91 bits per heavy atom. The van der Waals surface area contributed by atoms with Gasteiger partial charge in [0.15, 0.2) is 5.82 Å². The third kappa shape index (κ3) is 5.04. The third-order valence-electron chi connectivity index (χ3n) is 5.89. The van der Waals surface area contributed by atoms with E-state index >= 15 is 0 Å². The molecule has 1 atom stereocenters. The van der Waals surface area contributed by atoms with Crippen molar-refractivity contribution in [3.63, 3.8) is 0 Å². The van der Waals surface area contributed by atoms with Gasteiger partial charge in [-0.05, 0) is 38.7 Å². The van der Waals surface area contributed by atoms with Gasteiger partial charge in [0, 0.05) is 44.7 Å². The van der Waals surface area contributed by atoms with E-state index < -0.39 is 0 Å². The van der Waals surface area contributed by atoms with Crippen LogP contribution >= 0.6 is 0 Å². The Balaban J connectivity index is 1.32. The molecule has 1 unspecified atom stereocenters. The fourth-order valence-corrected chi connectivity index (χ4v) is 3.91. The minimum Gasteiger partial charge on any atom is -0.360 e. The predicted octanol–water partition coefficient (Wildman–Crippen LogP) is 2.64. The van der Waals surface area contributed by atoms with Gasteiger partial charge in [0.2, 0.25) is 11.9 Å². The molecule has 11 nitrogen and oxygen atoms in total. The molecular formula is C24H27N9O2. The summed E-state index contributed by atoms with van der Waals surface area (Å²) in [7, 11) is 5.86. The van der Waals surface area contributed by atoms with Crippen LogP contribution in [0.4, 0.5) is 11.8 Å². The van der Waals surface area contributed by atoms with E-state index in [4.69, 9.17) is 9.51 Å². The van der Waals surface area contributed by atoms with E-state index in [1.807, 2.05) is 49.2 Å². The molecule has 4 aromatic rings. The highest BCUT2D eigenvalue weighted by Crippen LogP contribution is 2.30. The van der Waals surface area contributed by atoms with Crippen molar-refractivity contribution in [3.05, 3.63) is 54.6 Å². The largest absolute Gasteiger partial charge is 0.360 e. The van der Waals surface area contributed by atoms with E-state index in [2.05, 4.69) is 30.4 Å². The Morgan fingerprint density at radius 3 is 2.69 bits per heavy atom. The topological polar surface area (TPSA) is 118 Å². The summed E-state index contributed by atoms with van der Waals surface area (Å²) in [6.45, 7) is 2.41. The molecule has 1 aliphatic heterocycles. The quantitative estimate of drug-likeness (QED) is 0.412. The van der Waals surface area contributed by atoms with Gasteiger partial charge < -0.3 is 19.6 Å². The molecule has 1 saturated heterocycles. The Hall–Kier alpha value is -4.12. The molecule has 4 aromatic heterocycles. The van der Waals surface area contributed by atoms with Crippen LogP contribution in [0.1, 0.15) is 18.1 Å². The lowest BCUT2D eigenvalue weighted by molar-refractivity contribution is -0.128. The van der Waals surface area contributed by atoms with Crippen LogP contribution in [0, 0.1) is 0 Å². The standard InChI is InChI=1S/C24H27N9O2/c1-31(2)13-14-33-12-9-22(29-33)28-24-25-10-7-19(27-24)17-5-4-6-18(26-17)20-15-21(35-30-20)16-8-11-32(3)23(16)34/h4-7,9-10,12,15-16H,8,11,13-14H2,1-3H3,(H,25,27,28,29). The van der Waals surface area contributed by atoms with Gasteiger partial charge in [-0.15, -0.1) is 0 Å². The number of hydrogen-bond donors (Lipinski definition) is 1. The molecular weight excluding hydrogens is 446 g/mol. The number of likely N-dealkylation sites (tertiary alicyclic amines) is 1. The molecule has 1 amide bonds. The first-order chi connectivity index (χ1) is 17.0. The number of hydrogen-bond acceptors (Lipinski definition) is 9. The zero-order valence-electron chi connectivity index (χ0n) is 19.9. The number of nitrogens with one attached hydrogen (secondary N) is 1. The lowest BCUT2D eigenvalue weighted by Crippen LogP contribution is -2.21. The number of pyridine rings is 1. The van der Waals surface area contributed by atoms with Crippen LogP contribution in [0.25, 0.3) is 22.8 Å². The minimum atomic E-state index is -0.286. The summed E-state index contributed by atoms with van der Waals surface area (Å²) in [6, 6.07) is 11.1. The number of amides is 1. The number of likely N-dealkylation sites (N-methyl/N-ethyl adjacent to an activating group) is 2. The van der Waals surface area contributed by atoms with Gasteiger partial charge in [0.05, 0.1) is 23.6 Å². The Bertz CT molecular complexity index is 1330. The van der Waals surface area contributed by atoms with Crippen molar-refractivity contribution in [2.45, 2.75) is 18.9 Å². The van der Waals surface area contributed by atoms with Crippen molar-refractivity contribution in [3.8, 4) is 22.8 Å². The highest BCUT2D eigenvalue weighted by atomic mass is 16.5. The summed E-state index contributed by atoms with van der Waals surface area (Å²) in [5, 5.41) is 11.8. The van der Waals surface area contributed by atoms with Crippen molar-refractivity contribution >= 4 is 17.7 Å². The van der Waals surface area contributed by atoms with Crippen molar-refractivity contribution in [1.82, 2.24) is 39.7 Å². The van der Waals surface area contributed by atoms with Crippen LogP contribution in [0.15, 0.2) is 53.3 Å². The highest BCUT2D eigenvalue weighted by molar-refractivity contribution is 5.85. The molecule has 1 fully saturated rings. The van der Waals surface area contributed by atoms with Crippen LogP contribution in [-0.4, -0.2) is 79.8 Å².